The summed E-state index contributed by atoms with van der Waals surface area (Å²) in [4.78, 5) is 46.4. The molecule has 12 rings (SSSR count). The van der Waals surface area contributed by atoms with E-state index in [1.165, 1.54) is 92.0 Å². The van der Waals surface area contributed by atoms with Crippen LogP contribution in [-0.2, 0) is 77.0 Å². The van der Waals surface area contributed by atoms with Crippen LogP contribution in [0.15, 0.2) is 147 Å². The van der Waals surface area contributed by atoms with Gasteiger partial charge in [-0.3, -0.25) is 18.7 Å². The highest BCUT2D eigenvalue weighted by Gasteiger charge is 2.33. The molecule has 0 radical (unpaired) electrons. The Morgan fingerprint density at radius 1 is 0.571 bits per heavy atom. The molecule has 0 saturated carbocycles. The number of amidine groups is 4. The summed E-state index contributed by atoms with van der Waals surface area (Å²) in [5.41, 5.74) is 1.60. The van der Waals surface area contributed by atoms with Crippen LogP contribution in [0, 0.1) is 12.8 Å². The number of hydrogen-bond acceptors (Lipinski definition) is 29. The van der Waals surface area contributed by atoms with Crippen molar-refractivity contribution in [3.05, 3.63) is 136 Å². The minimum Gasteiger partial charge on any atom is -0.396 e. The fraction of sp³-hybridized carbons (Fsp3) is 0.298. The molecule has 0 fully saturated rings. The number of aliphatic hydroxyl groups excluding tert-OH is 2. The Bertz CT molecular complexity index is 5760. The SMILES string of the molecule is Cc1nc(NCCNS(=O)(=O)c2ccc3c4n5c(c3c2)N=c2c3ccc(S(=O)(=O)CCCS(=O)(=O)NC(C)CO)cc3c(n2C5)=NC2=NC(=NC3=NC(=N4)c4cc(S(=O)(=O)CCCS(=O)(=O)CC(C)CO)ccc43)c3ncccc32)nc(Nc2ccccc2S(=O)(=O)O)n1.O=S(=O)=O. The molecule has 0 aliphatic carbocycles. The highest BCUT2D eigenvalue weighted by atomic mass is 32.2. The first kappa shape index (κ1) is 70.4. The number of nitrogens with one attached hydrogen (secondary N) is 4. The van der Waals surface area contributed by atoms with Crippen molar-refractivity contribution in [1.82, 2.24) is 38.5 Å². The maximum atomic E-state index is 14.4. The smallest absolute Gasteiger partial charge is 0.396 e. The largest absolute Gasteiger partial charge is 0.425 e. The topological polar surface area (TPSA) is 500 Å². The van der Waals surface area contributed by atoms with Crippen LogP contribution in [0.1, 0.15) is 54.9 Å². The van der Waals surface area contributed by atoms with E-state index in [1.54, 1.807) is 35.1 Å². The van der Waals surface area contributed by atoms with Gasteiger partial charge in [0.2, 0.25) is 31.9 Å². The number of aliphatic hydroxyl groups is 2. The zero-order chi connectivity index (χ0) is 70.4. The summed E-state index contributed by atoms with van der Waals surface area (Å²) >= 11 is 0. The summed E-state index contributed by atoms with van der Waals surface area (Å²) in [5.74, 6) is -2.43. The molecule has 4 aromatic carbocycles. The van der Waals surface area contributed by atoms with Crippen molar-refractivity contribution in [3.8, 4) is 0 Å². The fourth-order valence-electron chi connectivity index (χ4n) is 11.0. The van der Waals surface area contributed by atoms with E-state index >= 15 is 0 Å². The molecule has 98 heavy (non-hydrogen) atoms. The van der Waals surface area contributed by atoms with Crippen LogP contribution in [0.4, 0.5) is 29.2 Å². The summed E-state index contributed by atoms with van der Waals surface area (Å²) in [7, 11) is -28.2. The number of aromatic nitrogens is 6. The van der Waals surface area contributed by atoms with E-state index in [0.29, 0.717) is 21.9 Å². The molecule has 8 aromatic rings. The molecule has 41 heteroatoms. The van der Waals surface area contributed by atoms with Gasteiger partial charge >= 0.3 is 10.6 Å². The second-order valence-electron chi connectivity index (χ2n) is 22.7. The lowest BCUT2D eigenvalue weighted by Crippen LogP contribution is -2.36. The fourth-order valence-corrected chi connectivity index (χ4v) is 18.8. The van der Waals surface area contributed by atoms with Crippen molar-refractivity contribution < 1.29 is 77.9 Å². The summed E-state index contributed by atoms with van der Waals surface area (Å²) in [6, 6.07) is 20.9. The summed E-state index contributed by atoms with van der Waals surface area (Å²) in [5, 5.41) is 25.8. The van der Waals surface area contributed by atoms with Gasteiger partial charge in [-0.2, -0.15) is 23.4 Å². The van der Waals surface area contributed by atoms with Crippen molar-refractivity contribution in [1.29, 1.82) is 0 Å². The molecule has 8 heterocycles. The number of aryl methyl sites for hydroxylation is 1. The number of benzene rings is 4. The lowest BCUT2D eigenvalue weighted by Gasteiger charge is -2.15. The second kappa shape index (κ2) is 27.4. The van der Waals surface area contributed by atoms with Gasteiger partial charge < -0.3 is 20.8 Å². The van der Waals surface area contributed by atoms with E-state index in [0.717, 1.165) is 0 Å². The highest BCUT2D eigenvalue weighted by molar-refractivity contribution is 7.92. The summed E-state index contributed by atoms with van der Waals surface area (Å²) in [6.45, 7) is 3.27. The van der Waals surface area contributed by atoms with Crippen molar-refractivity contribution in [3.63, 3.8) is 0 Å². The van der Waals surface area contributed by atoms with Crippen molar-refractivity contribution in [2.24, 2.45) is 35.9 Å². The molecule has 4 aliphatic rings. The Balaban J connectivity index is 0.00000237. The Morgan fingerprint density at radius 3 is 1.91 bits per heavy atom. The molecule has 34 nitrogen and oxygen atoms in total. The molecular formula is C57H58N16O18S7. The van der Waals surface area contributed by atoms with Crippen LogP contribution in [0.25, 0.3) is 21.5 Å². The molecule has 0 spiro atoms. The number of hydrogen-bond donors (Lipinski definition) is 7. The minimum atomic E-state index is -4.63. The number of fused-ring (bicyclic) bond motifs is 14. The van der Waals surface area contributed by atoms with E-state index in [4.69, 9.17) is 42.6 Å². The van der Waals surface area contributed by atoms with Crippen LogP contribution >= 0.6 is 0 Å². The number of anilines is 3. The van der Waals surface area contributed by atoms with E-state index in [2.05, 4.69) is 40.0 Å². The van der Waals surface area contributed by atoms with E-state index in [9.17, 15) is 65.3 Å². The van der Waals surface area contributed by atoms with Gasteiger partial charge in [-0.25, -0.2) is 81.5 Å². The number of para-hydroxylation sites is 1. The van der Waals surface area contributed by atoms with Crippen LogP contribution in [0.3, 0.4) is 0 Å². The Morgan fingerprint density at radius 2 is 1.18 bits per heavy atom. The molecule has 2 unspecified atom stereocenters. The lowest BCUT2D eigenvalue weighted by atomic mass is 10.1. The average molecular weight is 1480 g/mol. The van der Waals surface area contributed by atoms with Gasteiger partial charge in [-0.05, 0) is 111 Å². The lowest BCUT2D eigenvalue weighted by molar-refractivity contribution is 0.249. The molecule has 7 N–H and O–H groups in total. The first-order valence-electron chi connectivity index (χ1n) is 29.4. The predicted octanol–water partition coefficient (Wildman–Crippen LogP) is 0.981. The highest BCUT2D eigenvalue weighted by Crippen LogP contribution is 2.42. The van der Waals surface area contributed by atoms with Gasteiger partial charge in [-0.15, -0.1) is 12.6 Å². The van der Waals surface area contributed by atoms with Gasteiger partial charge in [0.25, 0.3) is 10.1 Å². The Labute approximate surface area is 561 Å². The normalized spacial score (nSPS) is 14.8. The molecule has 0 amide bonds. The first-order chi connectivity index (χ1) is 46.2. The monoisotopic (exact) mass is 1480 g/mol. The second-order valence-corrected chi connectivity index (χ2v) is 34.6. The van der Waals surface area contributed by atoms with Crippen LogP contribution in [0.2, 0.25) is 0 Å². The maximum Gasteiger partial charge on any atom is 0.425 e. The van der Waals surface area contributed by atoms with Gasteiger partial charge in [0.05, 0.1) is 55.7 Å². The third-order valence-electron chi connectivity index (χ3n) is 15.3. The predicted molar refractivity (Wildman–Crippen MR) is 357 cm³/mol. The molecule has 0 saturated heterocycles. The summed E-state index contributed by atoms with van der Waals surface area (Å²) < 4.78 is 204. The zero-order valence-corrected chi connectivity index (χ0v) is 57.3. The first-order valence-corrected chi connectivity index (χ1v) is 40.1. The van der Waals surface area contributed by atoms with Gasteiger partial charge in [0.15, 0.2) is 52.9 Å². The van der Waals surface area contributed by atoms with Crippen molar-refractivity contribution in [2.75, 3.05) is 65.7 Å². The van der Waals surface area contributed by atoms with Crippen LogP contribution < -0.4 is 31.1 Å². The zero-order valence-electron chi connectivity index (χ0n) is 51.6. The average Bonchev–Trinajstić information content (AvgIpc) is 1.56. The van der Waals surface area contributed by atoms with Crippen LogP contribution in [-0.4, -0.2) is 191 Å². The molecule has 2 atom stereocenters. The quantitative estimate of drug-likeness (QED) is 0.0310. The Kier molecular flexibility index (Phi) is 19.7. The summed E-state index contributed by atoms with van der Waals surface area (Å²) in [6.07, 6.45) is 0.990. The van der Waals surface area contributed by atoms with Gasteiger partial charge in [0.1, 0.15) is 45.7 Å². The number of sulfone groups is 3. The van der Waals surface area contributed by atoms with E-state index < -0.39 is 117 Å². The van der Waals surface area contributed by atoms with Crippen molar-refractivity contribution in [2.45, 2.75) is 65.9 Å². The number of nitrogens with zero attached hydrogens (tertiary/aromatic N) is 12. The molecule has 4 aliphatic heterocycles. The van der Waals surface area contributed by atoms with Crippen molar-refractivity contribution >= 4 is 144 Å². The van der Waals surface area contributed by atoms with E-state index in [1.807, 2.05) is 0 Å². The minimum absolute atomic E-state index is 0.00209. The van der Waals surface area contributed by atoms with Gasteiger partial charge in [-0.1, -0.05) is 19.1 Å². The number of rotatable bonds is 25. The molecular weight excluding hydrogens is 1420 g/mol. The third kappa shape index (κ3) is 15.2. The molecule has 516 valence electrons. The number of sulfonamides is 2. The van der Waals surface area contributed by atoms with E-state index in [-0.39, 0.29) is 151 Å². The Hall–Kier alpha value is -8.88. The third-order valence-corrected chi connectivity index (χ3v) is 24.9. The standard InChI is InChI=1S/C57H58N16O15S6.O3S/c1-32(28-74)30-89(76,77)21-7-22-90(78,79)35-12-15-38-42(25-35)50-64-48(38)65-51-47-41(9-6-18-58-47)49(66-51)67-54-43-26-36(91(80,81)23-8-24-92(82,83)71-33(2)29-75)13-16-40(43)53-69-55-44-27-37(14-17-39(44)52(68-50)72(55)31-73(53)54)93(84,85)60-20-19-59-56-61-34(3)62-57(70-56)63-45-10-4-5-11-46(45)94(86,87)88;1-4(2)3/h4-6,9-18,25-27,32-33,60,71,74-75H,7-8,19-24,28-31H2,1-3H3,(H,86,87,88)(H2,59,61,62,63,70);. The van der Waals surface area contributed by atoms with Crippen LogP contribution in [0.5, 0.6) is 0 Å². The molecule has 6 bridgehead atoms. The van der Waals surface area contributed by atoms with Gasteiger partial charge in [0, 0.05) is 70.2 Å². The maximum absolute atomic E-state index is 14.4. The number of pyridine rings is 1. The number of aliphatic imine (C=N–C) groups is 4. The molecule has 4 aromatic heterocycles.